The number of likely N-dealkylation sites (tertiary alicyclic amines) is 1. The van der Waals surface area contributed by atoms with Gasteiger partial charge in [0.15, 0.2) is 5.13 Å². The standard InChI is InChI=1S/C19H18N4O2S2/c1-12-16(13-6-2-3-9-20-13)27-19(21-12)22-17(24)14-7-4-10-23(14)18(25)15-8-5-11-26-15/h2-3,5-6,8-9,11,14H,4,7,10H2,1H3,(H,21,22,24). The number of anilines is 1. The predicted molar refractivity (Wildman–Crippen MR) is 107 cm³/mol. The average molecular weight is 399 g/mol. The zero-order valence-corrected chi connectivity index (χ0v) is 16.3. The Morgan fingerprint density at radius 3 is 2.89 bits per heavy atom. The molecule has 4 rings (SSSR count). The van der Waals surface area contributed by atoms with Crippen molar-refractivity contribution in [3.63, 3.8) is 0 Å². The Bertz CT molecular complexity index is 954. The number of hydrogen-bond donors (Lipinski definition) is 1. The van der Waals surface area contributed by atoms with E-state index in [1.807, 2.05) is 36.6 Å². The fourth-order valence-electron chi connectivity index (χ4n) is 3.20. The molecule has 6 nitrogen and oxygen atoms in total. The molecule has 27 heavy (non-hydrogen) atoms. The van der Waals surface area contributed by atoms with Crippen molar-refractivity contribution in [2.75, 3.05) is 11.9 Å². The average Bonchev–Trinajstić information content (AvgIpc) is 3.43. The molecule has 0 aromatic carbocycles. The molecule has 1 atom stereocenters. The smallest absolute Gasteiger partial charge is 0.264 e. The molecule has 1 unspecified atom stereocenters. The van der Waals surface area contributed by atoms with Crippen molar-refractivity contribution in [1.29, 1.82) is 0 Å². The highest BCUT2D eigenvalue weighted by Crippen LogP contribution is 2.32. The van der Waals surface area contributed by atoms with Crippen molar-refractivity contribution in [1.82, 2.24) is 14.9 Å². The lowest BCUT2D eigenvalue weighted by Crippen LogP contribution is -2.42. The molecule has 0 saturated carbocycles. The first-order valence-electron chi connectivity index (χ1n) is 8.67. The molecule has 0 radical (unpaired) electrons. The van der Waals surface area contributed by atoms with Gasteiger partial charge in [0.1, 0.15) is 6.04 Å². The van der Waals surface area contributed by atoms with Crippen LogP contribution in [0.1, 0.15) is 28.2 Å². The van der Waals surface area contributed by atoms with E-state index in [1.165, 1.54) is 22.7 Å². The van der Waals surface area contributed by atoms with Gasteiger partial charge < -0.3 is 10.2 Å². The summed E-state index contributed by atoms with van der Waals surface area (Å²) in [7, 11) is 0. The largest absolute Gasteiger partial charge is 0.326 e. The van der Waals surface area contributed by atoms with Crippen LogP contribution in [0.15, 0.2) is 41.9 Å². The van der Waals surface area contributed by atoms with Gasteiger partial charge in [-0.2, -0.15) is 0 Å². The predicted octanol–water partition coefficient (Wildman–Crippen LogP) is 3.82. The molecular weight excluding hydrogens is 380 g/mol. The molecule has 8 heteroatoms. The molecule has 3 aromatic heterocycles. The number of carbonyl (C=O) groups excluding carboxylic acids is 2. The molecule has 138 valence electrons. The highest BCUT2D eigenvalue weighted by Gasteiger charge is 2.35. The van der Waals surface area contributed by atoms with E-state index < -0.39 is 6.04 Å². The lowest BCUT2D eigenvalue weighted by Gasteiger charge is -2.22. The highest BCUT2D eigenvalue weighted by molar-refractivity contribution is 7.19. The van der Waals surface area contributed by atoms with E-state index in [2.05, 4.69) is 15.3 Å². The Morgan fingerprint density at radius 1 is 1.26 bits per heavy atom. The second-order valence-electron chi connectivity index (χ2n) is 6.27. The topological polar surface area (TPSA) is 75.2 Å². The number of rotatable bonds is 4. The molecule has 1 fully saturated rings. The number of amides is 2. The maximum atomic E-state index is 12.8. The van der Waals surface area contributed by atoms with Gasteiger partial charge in [0, 0.05) is 12.7 Å². The van der Waals surface area contributed by atoms with Crippen molar-refractivity contribution in [3.05, 3.63) is 52.5 Å². The molecule has 3 aromatic rings. The van der Waals surface area contributed by atoms with Crippen molar-refractivity contribution in [2.24, 2.45) is 0 Å². The minimum Gasteiger partial charge on any atom is -0.326 e. The molecule has 0 aliphatic carbocycles. The van der Waals surface area contributed by atoms with Crippen LogP contribution in [0.4, 0.5) is 5.13 Å². The summed E-state index contributed by atoms with van der Waals surface area (Å²) in [6.07, 6.45) is 3.23. The van der Waals surface area contributed by atoms with Gasteiger partial charge in [-0.05, 0) is 43.3 Å². The monoisotopic (exact) mass is 398 g/mol. The van der Waals surface area contributed by atoms with Crippen molar-refractivity contribution < 1.29 is 9.59 Å². The van der Waals surface area contributed by atoms with Gasteiger partial charge in [-0.15, -0.1) is 11.3 Å². The zero-order chi connectivity index (χ0) is 18.8. The van der Waals surface area contributed by atoms with E-state index in [9.17, 15) is 9.59 Å². The van der Waals surface area contributed by atoms with E-state index in [-0.39, 0.29) is 11.8 Å². The third kappa shape index (κ3) is 3.63. The fraction of sp³-hybridized carbons (Fsp3) is 0.263. The second-order valence-corrected chi connectivity index (χ2v) is 8.22. The summed E-state index contributed by atoms with van der Waals surface area (Å²) >= 11 is 2.80. The summed E-state index contributed by atoms with van der Waals surface area (Å²) in [5, 5.41) is 5.30. The normalized spacial score (nSPS) is 16.5. The Morgan fingerprint density at radius 2 is 2.15 bits per heavy atom. The Kier molecular flexibility index (Phi) is 5.00. The minimum absolute atomic E-state index is 0.0767. The van der Waals surface area contributed by atoms with Gasteiger partial charge in [-0.1, -0.05) is 23.5 Å². The molecule has 1 saturated heterocycles. The Hall–Kier alpha value is -2.58. The maximum absolute atomic E-state index is 12.8. The first-order valence-corrected chi connectivity index (χ1v) is 10.4. The van der Waals surface area contributed by atoms with E-state index in [0.29, 0.717) is 23.0 Å². The van der Waals surface area contributed by atoms with Crippen LogP contribution in [0.3, 0.4) is 0 Å². The number of aryl methyl sites for hydroxylation is 1. The van der Waals surface area contributed by atoms with E-state index in [4.69, 9.17) is 0 Å². The zero-order valence-electron chi connectivity index (χ0n) is 14.7. The number of hydrogen-bond acceptors (Lipinski definition) is 6. The first-order chi connectivity index (χ1) is 13.1. The molecule has 1 N–H and O–H groups in total. The number of aromatic nitrogens is 2. The van der Waals surface area contributed by atoms with Crippen LogP contribution >= 0.6 is 22.7 Å². The van der Waals surface area contributed by atoms with Crippen molar-refractivity contribution >= 4 is 39.6 Å². The van der Waals surface area contributed by atoms with Gasteiger partial charge in [0.05, 0.1) is 21.1 Å². The summed E-state index contributed by atoms with van der Waals surface area (Å²) in [4.78, 5) is 37.5. The maximum Gasteiger partial charge on any atom is 0.264 e. The number of nitrogens with one attached hydrogen (secondary N) is 1. The van der Waals surface area contributed by atoms with E-state index in [0.717, 1.165) is 22.7 Å². The third-order valence-electron chi connectivity index (χ3n) is 4.47. The van der Waals surface area contributed by atoms with Crippen LogP contribution in [0.25, 0.3) is 10.6 Å². The van der Waals surface area contributed by atoms with Crippen LogP contribution in [0.2, 0.25) is 0 Å². The Labute approximate surface area is 164 Å². The first kappa shape index (κ1) is 17.8. The number of pyridine rings is 1. The van der Waals surface area contributed by atoms with Gasteiger partial charge in [-0.25, -0.2) is 4.98 Å². The van der Waals surface area contributed by atoms with Gasteiger partial charge >= 0.3 is 0 Å². The van der Waals surface area contributed by atoms with Gasteiger partial charge in [0.25, 0.3) is 5.91 Å². The van der Waals surface area contributed by atoms with Gasteiger partial charge in [-0.3, -0.25) is 14.6 Å². The summed E-state index contributed by atoms with van der Waals surface area (Å²) < 4.78 is 0. The number of thiazole rings is 1. The van der Waals surface area contributed by atoms with Crippen molar-refractivity contribution in [3.8, 4) is 10.6 Å². The number of nitrogens with zero attached hydrogens (tertiary/aromatic N) is 3. The quantitative estimate of drug-likeness (QED) is 0.725. The van der Waals surface area contributed by atoms with Crippen LogP contribution in [-0.4, -0.2) is 39.3 Å². The second kappa shape index (κ2) is 7.58. The molecule has 0 bridgehead atoms. The lowest BCUT2D eigenvalue weighted by atomic mass is 10.2. The fourth-order valence-corrected chi connectivity index (χ4v) is 4.82. The minimum atomic E-state index is -0.456. The van der Waals surface area contributed by atoms with Crippen LogP contribution < -0.4 is 5.32 Å². The lowest BCUT2D eigenvalue weighted by molar-refractivity contribution is -0.119. The molecule has 2 amide bonds. The molecule has 1 aliphatic rings. The number of carbonyl (C=O) groups is 2. The van der Waals surface area contributed by atoms with Crippen LogP contribution in [-0.2, 0) is 4.79 Å². The molecule has 4 heterocycles. The summed E-state index contributed by atoms with van der Waals surface area (Å²) in [6, 6.07) is 8.89. The van der Waals surface area contributed by atoms with E-state index >= 15 is 0 Å². The Balaban J connectivity index is 1.50. The van der Waals surface area contributed by atoms with Crippen LogP contribution in [0, 0.1) is 6.92 Å². The van der Waals surface area contributed by atoms with E-state index in [1.54, 1.807) is 17.2 Å². The third-order valence-corrected chi connectivity index (χ3v) is 6.43. The molecule has 1 aliphatic heterocycles. The van der Waals surface area contributed by atoms with Gasteiger partial charge in [0.2, 0.25) is 5.91 Å². The van der Waals surface area contributed by atoms with Crippen LogP contribution in [0.5, 0.6) is 0 Å². The highest BCUT2D eigenvalue weighted by atomic mass is 32.1. The summed E-state index contributed by atoms with van der Waals surface area (Å²) in [5.74, 6) is -0.258. The molecule has 0 spiro atoms. The van der Waals surface area contributed by atoms with Crippen molar-refractivity contribution in [2.45, 2.75) is 25.8 Å². The molecular formula is C19H18N4O2S2. The summed E-state index contributed by atoms with van der Waals surface area (Å²) in [5.41, 5.74) is 1.66. The summed E-state index contributed by atoms with van der Waals surface area (Å²) in [6.45, 7) is 2.50. The number of thiophene rings is 1. The SMILES string of the molecule is Cc1nc(NC(=O)C2CCCN2C(=O)c2cccs2)sc1-c1ccccn1.